The molecule has 0 spiro atoms. The molecule has 0 unspecified atom stereocenters. The van der Waals surface area contributed by atoms with E-state index in [0.717, 1.165) is 0 Å². The number of non-ortho nitro benzene ring substituents is 1. The molecule has 0 radical (unpaired) electrons. The van der Waals surface area contributed by atoms with Crippen LogP contribution in [-0.4, -0.2) is 23.0 Å². The molecule has 0 amide bonds. The van der Waals surface area contributed by atoms with Gasteiger partial charge in [-0.15, -0.1) is 0 Å². The maximum Gasteiger partial charge on any atom is 0.360 e. The van der Waals surface area contributed by atoms with Gasteiger partial charge in [-0.1, -0.05) is 0 Å². The molecule has 0 aliphatic carbocycles. The summed E-state index contributed by atoms with van der Waals surface area (Å²) in [6.45, 7) is 1.59. The van der Waals surface area contributed by atoms with Gasteiger partial charge in [-0.2, -0.15) is 0 Å². The molecule has 2 rings (SSSR count). The van der Waals surface area contributed by atoms with Crippen LogP contribution in [0, 0.1) is 17.0 Å². The largest absolute Gasteiger partial charge is 0.464 e. The summed E-state index contributed by atoms with van der Waals surface area (Å²) in [6, 6.07) is 5.69. The molecule has 0 saturated carbocycles. The number of methoxy groups -OCH3 is 1. The molecular weight excluding hydrogens is 252 g/mol. The van der Waals surface area contributed by atoms with Crippen LogP contribution in [0.2, 0.25) is 0 Å². The van der Waals surface area contributed by atoms with Crippen LogP contribution in [0.1, 0.15) is 16.2 Å². The van der Waals surface area contributed by atoms with Crippen molar-refractivity contribution in [3.8, 4) is 11.5 Å². The van der Waals surface area contributed by atoms with E-state index in [1.165, 1.54) is 31.4 Å². The van der Waals surface area contributed by atoms with Crippen LogP contribution in [0.3, 0.4) is 0 Å². The van der Waals surface area contributed by atoms with E-state index < -0.39 is 10.9 Å². The van der Waals surface area contributed by atoms with Crippen LogP contribution in [0.25, 0.3) is 11.5 Å². The molecule has 0 fully saturated rings. The van der Waals surface area contributed by atoms with Gasteiger partial charge in [0.2, 0.25) is 5.89 Å². The van der Waals surface area contributed by atoms with Crippen LogP contribution in [0.5, 0.6) is 0 Å². The SMILES string of the molecule is COC(=O)c1nc(-c2ccc([N+](=O)[O-])cc2)oc1C. The van der Waals surface area contributed by atoms with Gasteiger partial charge in [-0.05, 0) is 19.1 Å². The Morgan fingerprint density at radius 3 is 2.53 bits per heavy atom. The van der Waals surface area contributed by atoms with Gasteiger partial charge in [0.1, 0.15) is 5.76 Å². The molecule has 7 heteroatoms. The smallest absolute Gasteiger partial charge is 0.360 e. The Hall–Kier alpha value is -2.70. The average Bonchev–Trinajstić information content (AvgIpc) is 2.80. The Morgan fingerprint density at radius 2 is 2.00 bits per heavy atom. The van der Waals surface area contributed by atoms with Crippen LogP contribution in [-0.2, 0) is 4.74 Å². The second-order valence-electron chi connectivity index (χ2n) is 3.72. The number of carbonyl (C=O) groups is 1. The second-order valence-corrected chi connectivity index (χ2v) is 3.72. The number of nitro groups is 1. The van der Waals surface area contributed by atoms with Crippen molar-refractivity contribution in [2.24, 2.45) is 0 Å². The van der Waals surface area contributed by atoms with E-state index in [2.05, 4.69) is 9.72 Å². The molecule has 0 aliphatic heterocycles. The fourth-order valence-corrected chi connectivity index (χ4v) is 1.53. The van der Waals surface area contributed by atoms with Gasteiger partial charge in [0, 0.05) is 17.7 Å². The Bertz CT molecular complexity index is 630. The van der Waals surface area contributed by atoms with Crippen molar-refractivity contribution in [2.75, 3.05) is 7.11 Å². The molecule has 0 bridgehead atoms. The van der Waals surface area contributed by atoms with Crippen molar-refractivity contribution in [2.45, 2.75) is 6.92 Å². The lowest BCUT2D eigenvalue weighted by Crippen LogP contribution is -2.03. The highest BCUT2D eigenvalue weighted by atomic mass is 16.6. The molecule has 0 atom stereocenters. The number of nitrogens with zero attached hydrogens (tertiary/aromatic N) is 2. The van der Waals surface area contributed by atoms with Gasteiger partial charge in [-0.3, -0.25) is 10.1 Å². The number of esters is 1. The zero-order valence-electron chi connectivity index (χ0n) is 10.2. The van der Waals surface area contributed by atoms with Crippen LogP contribution in [0.15, 0.2) is 28.7 Å². The highest BCUT2D eigenvalue weighted by Crippen LogP contribution is 2.24. The quantitative estimate of drug-likeness (QED) is 0.478. The molecule has 1 aromatic heterocycles. The Morgan fingerprint density at radius 1 is 1.37 bits per heavy atom. The summed E-state index contributed by atoms with van der Waals surface area (Å²) in [5.74, 6) is -0.0394. The Labute approximate surface area is 108 Å². The summed E-state index contributed by atoms with van der Waals surface area (Å²) in [6.07, 6.45) is 0. The average molecular weight is 262 g/mol. The summed E-state index contributed by atoms with van der Waals surface area (Å²) in [7, 11) is 1.25. The van der Waals surface area contributed by atoms with E-state index in [4.69, 9.17) is 4.42 Å². The third-order valence-electron chi connectivity index (χ3n) is 2.50. The van der Waals surface area contributed by atoms with E-state index >= 15 is 0 Å². The number of oxazole rings is 1. The van der Waals surface area contributed by atoms with Gasteiger partial charge in [0.05, 0.1) is 12.0 Å². The molecule has 0 aliphatic rings. The minimum Gasteiger partial charge on any atom is -0.464 e. The molecular formula is C12H10N2O5. The fourth-order valence-electron chi connectivity index (χ4n) is 1.53. The van der Waals surface area contributed by atoms with Gasteiger partial charge >= 0.3 is 5.97 Å². The van der Waals surface area contributed by atoms with E-state index in [0.29, 0.717) is 11.3 Å². The summed E-state index contributed by atoms with van der Waals surface area (Å²) >= 11 is 0. The maximum absolute atomic E-state index is 11.4. The van der Waals surface area contributed by atoms with Crippen LogP contribution in [0.4, 0.5) is 5.69 Å². The number of hydrogen-bond donors (Lipinski definition) is 0. The van der Waals surface area contributed by atoms with Crippen molar-refractivity contribution in [1.29, 1.82) is 0 Å². The number of aromatic nitrogens is 1. The summed E-state index contributed by atoms with van der Waals surface area (Å²) in [4.78, 5) is 25.4. The lowest BCUT2D eigenvalue weighted by atomic mass is 10.2. The number of ether oxygens (including phenoxy) is 1. The van der Waals surface area contributed by atoms with Gasteiger partial charge in [0.25, 0.3) is 5.69 Å². The molecule has 0 N–H and O–H groups in total. The lowest BCUT2D eigenvalue weighted by molar-refractivity contribution is -0.384. The minimum atomic E-state index is -0.589. The lowest BCUT2D eigenvalue weighted by Gasteiger charge is -1.94. The number of benzene rings is 1. The number of nitro benzene ring substituents is 1. The van der Waals surface area contributed by atoms with Crippen molar-refractivity contribution in [3.05, 3.63) is 45.8 Å². The standard InChI is InChI=1S/C12H10N2O5/c1-7-10(12(15)18-2)13-11(19-7)8-3-5-9(6-4-8)14(16)17/h3-6H,1-2H3. The first kappa shape index (κ1) is 12.7. The monoisotopic (exact) mass is 262 g/mol. The molecule has 0 saturated heterocycles. The molecule has 19 heavy (non-hydrogen) atoms. The maximum atomic E-state index is 11.4. The highest BCUT2D eigenvalue weighted by molar-refractivity contribution is 5.88. The minimum absolute atomic E-state index is 0.0276. The zero-order valence-corrected chi connectivity index (χ0v) is 10.2. The first-order chi connectivity index (χ1) is 9.02. The van der Waals surface area contributed by atoms with Crippen molar-refractivity contribution in [1.82, 2.24) is 4.98 Å². The van der Waals surface area contributed by atoms with E-state index in [9.17, 15) is 14.9 Å². The van der Waals surface area contributed by atoms with E-state index in [-0.39, 0.29) is 17.3 Å². The van der Waals surface area contributed by atoms with Crippen LogP contribution >= 0.6 is 0 Å². The number of rotatable bonds is 3. The molecule has 2 aromatic rings. The molecule has 1 aromatic carbocycles. The van der Waals surface area contributed by atoms with Gasteiger partial charge < -0.3 is 9.15 Å². The normalized spacial score (nSPS) is 10.2. The third kappa shape index (κ3) is 2.44. The summed E-state index contributed by atoms with van der Waals surface area (Å²) < 4.78 is 9.91. The van der Waals surface area contributed by atoms with Crippen LogP contribution < -0.4 is 0 Å². The van der Waals surface area contributed by atoms with Crippen molar-refractivity contribution < 1.29 is 18.9 Å². The van der Waals surface area contributed by atoms with Gasteiger partial charge in [0.15, 0.2) is 5.69 Å². The first-order valence-corrected chi connectivity index (χ1v) is 5.33. The third-order valence-corrected chi connectivity index (χ3v) is 2.50. The molecule has 98 valence electrons. The van der Waals surface area contributed by atoms with Crippen molar-refractivity contribution in [3.63, 3.8) is 0 Å². The highest BCUT2D eigenvalue weighted by Gasteiger charge is 2.18. The van der Waals surface area contributed by atoms with Crippen molar-refractivity contribution >= 4 is 11.7 Å². The Kier molecular flexibility index (Phi) is 3.28. The zero-order chi connectivity index (χ0) is 14.0. The second kappa shape index (κ2) is 4.89. The topological polar surface area (TPSA) is 95.5 Å². The first-order valence-electron chi connectivity index (χ1n) is 5.33. The predicted octanol–water partition coefficient (Wildman–Crippen LogP) is 2.34. The summed E-state index contributed by atoms with van der Waals surface area (Å²) in [5.41, 5.74) is 0.611. The van der Waals surface area contributed by atoms with Gasteiger partial charge in [-0.25, -0.2) is 9.78 Å². The fraction of sp³-hybridized carbons (Fsp3) is 0.167. The number of carbonyl (C=O) groups excluding carboxylic acids is 1. The molecule has 7 nitrogen and oxygen atoms in total. The summed E-state index contributed by atoms with van der Waals surface area (Å²) in [5, 5.41) is 10.5. The molecule has 1 heterocycles. The Balaban J connectivity index is 2.37. The number of aryl methyl sites for hydroxylation is 1. The van der Waals surface area contributed by atoms with E-state index in [1.54, 1.807) is 6.92 Å². The predicted molar refractivity (Wildman–Crippen MR) is 64.7 cm³/mol. The number of hydrogen-bond acceptors (Lipinski definition) is 6. The van der Waals surface area contributed by atoms with E-state index in [1.807, 2.05) is 0 Å².